The Morgan fingerprint density at radius 3 is 1.97 bits per heavy atom. The average Bonchev–Trinajstić information content (AvgIpc) is 3.29. The van der Waals surface area contributed by atoms with Crippen molar-refractivity contribution in [2.75, 3.05) is 4.90 Å². The van der Waals surface area contributed by atoms with E-state index < -0.39 is 0 Å². The van der Waals surface area contributed by atoms with Crippen molar-refractivity contribution < 1.29 is 0 Å². The monoisotopic (exact) mass is 451 g/mol. The molecule has 0 radical (unpaired) electrons. The molecule has 34 heavy (non-hydrogen) atoms. The molecule has 7 rings (SSSR count). The second kappa shape index (κ2) is 7.72. The van der Waals surface area contributed by atoms with E-state index >= 15 is 0 Å². The zero-order valence-electron chi connectivity index (χ0n) is 18.5. The molecule has 0 saturated carbocycles. The van der Waals surface area contributed by atoms with Gasteiger partial charge in [0.2, 0.25) is 0 Å². The molecule has 0 N–H and O–H groups in total. The molecule has 0 aliphatic heterocycles. The SMILES string of the molecule is c1ccc(N(c2ccc3ccccc3c2)c2ccc3ccc4sc5ccccc5c4c3c2)cc1. The standard InChI is InChI=1S/C32H21NS/c1-2-10-25(11-3-1)33(26-17-14-22-8-4-5-9-24(22)20-26)27-18-15-23-16-19-31-32(29(23)21-27)28-12-6-7-13-30(28)34-31/h1-21H. The molecule has 0 spiro atoms. The minimum absolute atomic E-state index is 1.15. The van der Waals surface area contributed by atoms with Gasteiger partial charge < -0.3 is 4.90 Å². The number of nitrogens with zero attached hydrogens (tertiary/aromatic N) is 1. The Kier molecular flexibility index (Phi) is 4.39. The summed E-state index contributed by atoms with van der Waals surface area (Å²) in [6, 6.07) is 46.0. The molecule has 0 fully saturated rings. The summed E-state index contributed by atoms with van der Waals surface area (Å²) in [5.74, 6) is 0. The van der Waals surface area contributed by atoms with Crippen molar-refractivity contribution in [2.24, 2.45) is 0 Å². The highest BCUT2D eigenvalue weighted by Crippen LogP contribution is 2.42. The van der Waals surface area contributed by atoms with Gasteiger partial charge >= 0.3 is 0 Å². The van der Waals surface area contributed by atoms with E-state index in [2.05, 4.69) is 132 Å². The van der Waals surface area contributed by atoms with Crippen LogP contribution in [0.1, 0.15) is 0 Å². The molecule has 0 aliphatic carbocycles. The number of fused-ring (bicyclic) bond motifs is 6. The molecule has 0 bridgehead atoms. The van der Waals surface area contributed by atoms with E-state index in [9.17, 15) is 0 Å². The lowest BCUT2D eigenvalue weighted by Gasteiger charge is -2.26. The van der Waals surface area contributed by atoms with Crippen molar-refractivity contribution in [1.82, 2.24) is 0 Å². The summed E-state index contributed by atoms with van der Waals surface area (Å²) in [7, 11) is 0. The molecular weight excluding hydrogens is 430 g/mol. The summed E-state index contributed by atoms with van der Waals surface area (Å²) in [5, 5.41) is 7.76. The highest BCUT2D eigenvalue weighted by Gasteiger charge is 2.15. The molecule has 2 heteroatoms. The van der Waals surface area contributed by atoms with Gasteiger partial charge in [0.1, 0.15) is 0 Å². The van der Waals surface area contributed by atoms with E-state index in [0.717, 1.165) is 17.1 Å². The fraction of sp³-hybridized carbons (Fsp3) is 0. The Morgan fingerprint density at radius 2 is 1.09 bits per heavy atom. The van der Waals surface area contributed by atoms with Gasteiger partial charge in [-0.15, -0.1) is 11.3 Å². The summed E-state index contributed by atoms with van der Waals surface area (Å²) >= 11 is 1.87. The number of para-hydroxylation sites is 1. The molecule has 1 heterocycles. The zero-order valence-corrected chi connectivity index (χ0v) is 19.3. The first kappa shape index (κ1) is 19.3. The van der Waals surface area contributed by atoms with Gasteiger partial charge in [0.25, 0.3) is 0 Å². The Labute approximate surface area is 202 Å². The van der Waals surface area contributed by atoms with E-state index in [1.54, 1.807) is 0 Å². The van der Waals surface area contributed by atoms with Crippen LogP contribution >= 0.6 is 11.3 Å². The van der Waals surface area contributed by atoms with Crippen molar-refractivity contribution in [3.8, 4) is 0 Å². The van der Waals surface area contributed by atoms with Crippen molar-refractivity contribution in [1.29, 1.82) is 0 Å². The predicted molar refractivity (Wildman–Crippen MR) is 149 cm³/mol. The second-order valence-corrected chi connectivity index (χ2v) is 9.73. The first-order valence-corrected chi connectivity index (χ1v) is 12.3. The average molecular weight is 452 g/mol. The minimum atomic E-state index is 1.15. The van der Waals surface area contributed by atoms with Crippen LogP contribution in [0.25, 0.3) is 41.7 Å². The summed E-state index contributed by atoms with van der Waals surface area (Å²) in [4.78, 5) is 2.36. The van der Waals surface area contributed by atoms with Crippen molar-refractivity contribution in [3.05, 3.63) is 127 Å². The molecule has 1 aromatic heterocycles. The third kappa shape index (κ3) is 3.07. The number of rotatable bonds is 3. The van der Waals surface area contributed by atoms with Gasteiger partial charge in [-0.3, -0.25) is 0 Å². The summed E-state index contributed by atoms with van der Waals surface area (Å²) in [6.45, 7) is 0. The first-order chi connectivity index (χ1) is 16.8. The third-order valence-corrected chi connectivity index (χ3v) is 7.74. The molecule has 1 nitrogen and oxygen atoms in total. The Bertz CT molecular complexity index is 1810. The van der Waals surface area contributed by atoms with Gasteiger partial charge in [-0.2, -0.15) is 0 Å². The number of hydrogen-bond donors (Lipinski definition) is 0. The van der Waals surface area contributed by atoms with Crippen LogP contribution in [0.5, 0.6) is 0 Å². The lowest BCUT2D eigenvalue weighted by Crippen LogP contribution is -2.09. The van der Waals surface area contributed by atoms with Gasteiger partial charge in [0, 0.05) is 37.2 Å². The molecule has 0 atom stereocenters. The van der Waals surface area contributed by atoms with Crippen LogP contribution in [0.3, 0.4) is 0 Å². The van der Waals surface area contributed by atoms with E-state index in [1.165, 1.54) is 41.7 Å². The zero-order chi connectivity index (χ0) is 22.5. The van der Waals surface area contributed by atoms with E-state index in [0.29, 0.717) is 0 Å². The first-order valence-electron chi connectivity index (χ1n) is 11.5. The highest BCUT2D eigenvalue weighted by atomic mass is 32.1. The summed E-state index contributed by atoms with van der Waals surface area (Å²) < 4.78 is 2.67. The van der Waals surface area contributed by atoms with Gasteiger partial charge in [-0.1, -0.05) is 78.9 Å². The molecule has 0 unspecified atom stereocenters. The fourth-order valence-electron chi connectivity index (χ4n) is 5.01. The van der Waals surface area contributed by atoms with Crippen LogP contribution in [0.2, 0.25) is 0 Å². The smallest absolute Gasteiger partial charge is 0.0468 e. The number of anilines is 3. The van der Waals surface area contributed by atoms with Crippen molar-refractivity contribution in [3.63, 3.8) is 0 Å². The second-order valence-electron chi connectivity index (χ2n) is 8.64. The van der Waals surface area contributed by atoms with Crippen LogP contribution in [0.4, 0.5) is 17.1 Å². The largest absolute Gasteiger partial charge is 0.310 e. The van der Waals surface area contributed by atoms with E-state index in [1.807, 2.05) is 11.3 Å². The predicted octanol–water partition coefficient (Wildman–Crippen LogP) is 9.83. The molecule has 7 aromatic rings. The molecule has 160 valence electrons. The van der Waals surface area contributed by atoms with E-state index in [-0.39, 0.29) is 0 Å². The van der Waals surface area contributed by atoms with Crippen molar-refractivity contribution in [2.45, 2.75) is 0 Å². The fourth-order valence-corrected chi connectivity index (χ4v) is 6.13. The Morgan fingerprint density at radius 1 is 0.412 bits per heavy atom. The maximum atomic E-state index is 2.36. The molecule has 0 saturated heterocycles. The normalized spacial score (nSPS) is 11.5. The van der Waals surface area contributed by atoms with Crippen LogP contribution in [0.15, 0.2) is 127 Å². The van der Waals surface area contributed by atoms with Crippen LogP contribution < -0.4 is 4.90 Å². The lowest BCUT2D eigenvalue weighted by atomic mass is 10.0. The maximum Gasteiger partial charge on any atom is 0.0468 e. The number of thiophene rings is 1. The van der Waals surface area contributed by atoms with Crippen LogP contribution in [-0.2, 0) is 0 Å². The summed E-state index contributed by atoms with van der Waals surface area (Å²) in [5.41, 5.74) is 3.47. The molecule has 0 aliphatic rings. The van der Waals surface area contributed by atoms with Gasteiger partial charge in [-0.05, 0) is 70.1 Å². The number of benzene rings is 6. The highest BCUT2D eigenvalue weighted by molar-refractivity contribution is 7.26. The van der Waals surface area contributed by atoms with Gasteiger partial charge in [0.15, 0.2) is 0 Å². The molecule has 0 amide bonds. The van der Waals surface area contributed by atoms with E-state index in [4.69, 9.17) is 0 Å². The quantitative estimate of drug-likeness (QED) is 0.258. The number of hydrogen-bond acceptors (Lipinski definition) is 2. The van der Waals surface area contributed by atoms with Gasteiger partial charge in [-0.25, -0.2) is 0 Å². The third-order valence-electron chi connectivity index (χ3n) is 6.61. The summed E-state index contributed by atoms with van der Waals surface area (Å²) in [6.07, 6.45) is 0. The van der Waals surface area contributed by atoms with Crippen molar-refractivity contribution >= 4 is 70.1 Å². The Hall–Kier alpha value is -4.14. The molecular formula is C32H21NS. The molecule has 6 aromatic carbocycles. The Balaban J connectivity index is 1.51. The van der Waals surface area contributed by atoms with Crippen LogP contribution in [0, 0.1) is 0 Å². The lowest BCUT2D eigenvalue weighted by molar-refractivity contribution is 1.29. The minimum Gasteiger partial charge on any atom is -0.310 e. The maximum absolute atomic E-state index is 2.36. The van der Waals surface area contributed by atoms with Gasteiger partial charge in [0.05, 0.1) is 0 Å². The topological polar surface area (TPSA) is 3.24 Å². The van der Waals surface area contributed by atoms with Crippen LogP contribution in [-0.4, -0.2) is 0 Å².